The fourth-order valence-corrected chi connectivity index (χ4v) is 2.01. The van der Waals surface area contributed by atoms with Gasteiger partial charge in [-0.15, -0.1) is 0 Å². The number of halogens is 1. The van der Waals surface area contributed by atoms with Crippen LogP contribution in [-0.2, 0) is 0 Å². The van der Waals surface area contributed by atoms with Gasteiger partial charge >= 0.3 is 0 Å². The smallest absolute Gasteiger partial charge is 0.255 e. The quantitative estimate of drug-likeness (QED) is 0.914. The second kappa shape index (κ2) is 5.68. The number of rotatable bonds is 2. The molecule has 0 saturated carbocycles. The summed E-state index contributed by atoms with van der Waals surface area (Å²) in [6.07, 6.45) is 0. The number of carbonyl (C=O) groups excluding carboxylic acids is 1. The molecule has 0 bridgehead atoms. The van der Waals surface area contributed by atoms with E-state index in [0.29, 0.717) is 11.1 Å². The first-order chi connectivity index (χ1) is 9.10. The molecule has 0 atom stereocenters. The molecule has 0 unspecified atom stereocenters. The standard InChI is InChI=1S/C15H11BrN2O/c1-10-5-6-13(16)8-14(10)18-15(19)12-4-2-3-11(7-12)9-17/h2-8H,1H3,(H,18,19). The number of hydrogen-bond acceptors (Lipinski definition) is 2. The SMILES string of the molecule is Cc1ccc(Br)cc1NC(=O)c1cccc(C#N)c1. The molecule has 19 heavy (non-hydrogen) atoms. The maximum Gasteiger partial charge on any atom is 0.255 e. The summed E-state index contributed by atoms with van der Waals surface area (Å²) in [6, 6.07) is 14.3. The summed E-state index contributed by atoms with van der Waals surface area (Å²) in [5, 5.41) is 11.7. The number of nitrogens with one attached hydrogen (secondary N) is 1. The van der Waals surface area contributed by atoms with E-state index in [1.165, 1.54) is 0 Å². The number of aryl methyl sites for hydroxylation is 1. The third kappa shape index (κ3) is 3.21. The second-order valence-corrected chi connectivity index (χ2v) is 5.02. The third-order valence-corrected chi connectivity index (χ3v) is 3.19. The van der Waals surface area contributed by atoms with Gasteiger partial charge in [0, 0.05) is 15.7 Å². The first kappa shape index (κ1) is 13.3. The van der Waals surface area contributed by atoms with E-state index in [0.717, 1.165) is 15.7 Å². The molecule has 0 aromatic heterocycles. The van der Waals surface area contributed by atoms with Crippen LogP contribution in [0.25, 0.3) is 0 Å². The number of carbonyl (C=O) groups is 1. The number of anilines is 1. The Hall–Kier alpha value is -2.12. The van der Waals surface area contributed by atoms with Gasteiger partial charge in [0.05, 0.1) is 11.6 Å². The van der Waals surface area contributed by atoms with Gasteiger partial charge in [-0.2, -0.15) is 5.26 Å². The fraction of sp³-hybridized carbons (Fsp3) is 0.0667. The lowest BCUT2D eigenvalue weighted by Gasteiger charge is -2.09. The summed E-state index contributed by atoms with van der Waals surface area (Å²) in [4.78, 5) is 12.1. The largest absolute Gasteiger partial charge is 0.322 e. The highest BCUT2D eigenvalue weighted by molar-refractivity contribution is 9.10. The van der Waals surface area contributed by atoms with E-state index in [-0.39, 0.29) is 5.91 Å². The number of benzene rings is 2. The monoisotopic (exact) mass is 314 g/mol. The predicted molar refractivity (Wildman–Crippen MR) is 78.0 cm³/mol. The van der Waals surface area contributed by atoms with Crippen LogP contribution in [0.2, 0.25) is 0 Å². The molecule has 0 spiro atoms. The maximum atomic E-state index is 12.1. The topological polar surface area (TPSA) is 52.9 Å². The molecule has 0 aliphatic rings. The molecule has 3 nitrogen and oxygen atoms in total. The van der Waals surface area contributed by atoms with E-state index < -0.39 is 0 Å². The van der Waals surface area contributed by atoms with Crippen molar-refractivity contribution in [1.82, 2.24) is 0 Å². The molecular weight excluding hydrogens is 304 g/mol. The minimum Gasteiger partial charge on any atom is -0.322 e. The summed E-state index contributed by atoms with van der Waals surface area (Å²) >= 11 is 3.37. The van der Waals surface area contributed by atoms with Crippen LogP contribution in [0.3, 0.4) is 0 Å². The molecule has 94 valence electrons. The van der Waals surface area contributed by atoms with Gasteiger partial charge in [0.25, 0.3) is 5.91 Å². The number of amides is 1. The average molecular weight is 315 g/mol. The Bertz CT molecular complexity index is 674. The Labute approximate surface area is 120 Å². The molecule has 2 rings (SSSR count). The zero-order valence-electron chi connectivity index (χ0n) is 10.3. The van der Waals surface area contributed by atoms with Crippen molar-refractivity contribution in [1.29, 1.82) is 5.26 Å². The Morgan fingerprint density at radius 3 is 2.79 bits per heavy atom. The van der Waals surface area contributed by atoms with Crippen molar-refractivity contribution < 1.29 is 4.79 Å². The normalized spacial score (nSPS) is 9.74. The first-order valence-electron chi connectivity index (χ1n) is 5.68. The highest BCUT2D eigenvalue weighted by atomic mass is 79.9. The number of nitrogens with zero attached hydrogens (tertiary/aromatic N) is 1. The zero-order valence-corrected chi connectivity index (χ0v) is 11.9. The number of hydrogen-bond donors (Lipinski definition) is 1. The van der Waals surface area contributed by atoms with Gasteiger partial charge in [-0.05, 0) is 42.8 Å². The minimum absolute atomic E-state index is 0.224. The summed E-state index contributed by atoms with van der Waals surface area (Å²) in [5.41, 5.74) is 2.67. The molecule has 4 heteroatoms. The molecule has 0 aliphatic carbocycles. The lowest BCUT2D eigenvalue weighted by atomic mass is 10.1. The van der Waals surface area contributed by atoms with E-state index in [1.54, 1.807) is 24.3 Å². The summed E-state index contributed by atoms with van der Waals surface area (Å²) in [5.74, 6) is -0.224. The average Bonchev–Trinajstić information content (AvgIpc) is 2.43. The van der Waals surface area contributed by atoms with Crippen LogP contribution in [0, 0.1) is 18.3 Å². The van der Waals surface area contributed by atoms with Crippen LogP contribution in [0.1, 0.15) is 21.5 Å². The van der Waals surface area contributed by atoms with Crippen molar-refractivity contribution in [3.05, 3.63) is 63.6 Å². The molecule has 1 amide bonds. The van der Waals surface area contributed by atoms with Crippen molar-refractivity contribution in [3.8, 4) is 6.07 Å². The van der Waals surface area contributed by atoms with Crippen molar-refractivity contribution in [2.45, 2.75) is 6.92 Å². The Balaban J connectivity index is 2.26. The van der Waals surface area contributed by atoms with Crippen LogP contribution >= 0.6 is 15.9 Å². The van der Waals surface area contributed by atoms with Gasteiger partial charge in [0.2, 0.25) is 0 Å². The van der Waals surface area contributed by atoms with Crippen LogP contribution in [0.15, 0.2) is 46.9 Å². The highest BCUT2D eigenvalue weighted by Gasteiger charge is 2.08. The van der Waals surface area contributed by atoms with E-state index in [9.17, 15) is 4.79 Å². The van der Waals surface area contributed by atoms with E-state index in [4.69, 9.17) is 5.26 Å². The van der Waals surface area contributed by atoms with Crippen molar-refractivity contribution in [3.63, 3.8) is 0 Å². The summed E-state index contributed by atoms with van der Waals surface area (Å²) < 4.78 is 0.902. The molecule has 2 aromatic carbocycles. The van der Waals surface area contributed by atoms with E-state index in [2.05, 4.69) is 21.2 Å². The molecule has 0 aliphatic heterocycles. The Morgan fingerprint density at radius 2 is 2.05 bits per heavy atom. The Morgan fingerprint density at radius 1 is 1.26 bits per heavy atom. The Kier molecular flexibility index (Phi) is 3.98. The van der Waals surface area contributed by atoms with Gasteiger partial charge in [0.1, 0.15) is 0 Å². The van der Waals surface area contributed by atoms with Crippen molar-refractivity contribution >= 4 is 27.5 Å². The molecular formula is C15H11BrN2O. The highest BCUT2D eigenvalue weighted by Crippen LogP contribution is 2.21. The zero-order chi connectivity index (χ0) is 13.8. The second-order valence-electron chi connectivity index (χ2n) is 4.11. The van der Waals surface area contributed by atoms with Gasteiger partial charge in [-0.25, -0.2) is 0 Å². The lowest BCUT2D eigenvalue weighted by Crippen LogP contribution is -2.12. The van der Waals surface area contributed by atoms with Crippen molar-refractivity contribution in [2.75, 3.05) is 5.32 Å². The van der Waals surface area contributed by atoms with Gasteiger partial charge in [-0.3, -0.25) is 4.79 Å². The van der Waals surface area contributed by atoms with Gasteiger partial charge in [-0.1, -0.05) is 28.1 Å². The molecule has 0 heterocycles. The predicted octanol–water partition coefficient (Wildman–Crippen LogP) is 3.88. The molecule has 2 aromatic rings. The van der Waals surface area contributed by atoms with Crippen LogP contribution < -0.4 is 5.32 Å². The molecule has 0 radical (unpaired) electrons. The van der Waals surface area contributed by atoms with E-state index >= 15 is 0 Å². The molecule has 0 fully saturated rings. The molecule has 0 saturated heterocycles. The third-order valence-electron chi connectivity index (χ3n) is 2.70. The maximum absolute atomic E-state index is 12.1. The van der Waals surface area contributed by atoms with Crippen LogP contribution in [0.4, 0.5) is 5.69 Å². The fourth-order valence-electron chi connectivity index (χ4n) is 1.65. The first-order valence-corrected chi connectivity index (χ1v) is 6.47. The minimum atomic E-state index is -0.224. The van der Waals surface area contributed by atoms with Gasteiger partial charge < -0.3 is 5.32 Å². The van der Waals surface area contributed by atoms with Crippen LogP contribution in [0.5, 0.6) is 0 Å². The van der Waals surface area contributed by atoms with Crippen molar-refractivity contribution in [2.24, 2.45) is 0 Å². The lowest BCUT2D eigenvalue weighted by molar-refractivity contribution is 0.102. The van der Waals surface area contributed by atoms with Crippen LogP contribution in [-0.4, -0.2) is 5.91 Å². The summed E-state index contributed by atoms with van der Waals surface area (Å²) in [6.45, 7) is 1.92. The summed E-state index contributed by atoms with van der Waals surface area (Å²) in [7, 11) is 0. The number of nitriles is 1. The molecule has 1 N–H and O–H groups in total. The van der Waals surface area contributed by atoms with E-state index in [1.807, 2.05) is 31.2 Å². The van der Waals surface area contributed by atoms with Gasteiger partial charge in [0.15, 0.2) is 0 Å².